The van der Waals surface area contributed by atoms with Crippen LogP contribution in [0, 0.1) is 13.8 Å². The number of carbonyl (C=O) groups is 2. The normalized spacial score (nSPS) is 11.7. The molecule has 2 aromatic rings. The van der Waals surface area contributed by atoms with Gasteiger partial charge in [-0.1, -0.05) is 36.9 Å². The van der Waals surface area contributed by atoms with E-state index >= 15 is 0 Å². The smallest absolute Gasteiger partial charge is 0.243 e. The lowest BCUT2D eigenvalue weighted by atomic mass is 10.1. The Bertz CT molecular complexity index is 805. The van der Waals surface area contributed by atoms with Crippen molar-refractivity contribution in [2.75, 3.05) is 18.9 Å². The molecular formula is C20H26N4O2S. The summed E-state index contributed by atoms with van der Waals surface area (Å²) in [6, 6.07) is 9.54. The Morgan fingerprint density at radius 3 is 2.59 bits per heavy atom. The molecule has 0 aliphatic carbocycles. The van der Waals surface area contributed by atoms with Crippen LogP contribution in [0.2, 0.25) is 0 Å². The molecule has 27 heavy (non-hydrogen) atoms. The molecule has 1 aromatic carbocycles. The van der Waals surface area contributed by atoms with Crippen molar-refractivity contribution >= 4 is 29.3 Å². The van der Waals surface area contributed by atoms with Crippen molar-refractivity contribution in [3.63, 3.8) is 0 Å². The largest absolute Gasteiger partial charge is 0.335 e. The number of hydrogen-bond donors (Lipinski definition) is 1. The Hall–Kier alpha value is -2.41. The summed E-state index contributed by atoms with van der Waals surface area (Å²) in [4.78, 5) is 35.0. The zero-order valence-corrected chi connectivity index (χ0v) is 17.3. The van der Waals surface area contributed by atoms with Crippen LogP contribution in [-0.4, -0.2) is 45.5 Å². The molecule has 0 bridgehead atoms. The van der Waals surface area contributed by atoms with Gasteiger partial charge in [0.25, 0.3) is 0 Å². The summed E-state index contributed by atoms with van der Waals surface area (Å²) in [7, 11) is 1.64. The summed E-state index contributed by atoms with van der Waals surface area (Å²) in [5.41, 5.74) is 2.73. The van der Waals surface area contributed by atoms with Gasteiger partial charge in [-0.15, -0.1) is 0 Å². The Kier molecular flexibility index (Phi) is 7.36. The second-order valence-electron chi connectivity index (χ2n) is 6.41. The number of aromatic nitrogens is 2. The first-order valence-electron chi connectivity index (χ1n) is 8.91. The second-order valence-corrected chi connectivity index (χ2v) is 7.77. The number of anilines is 1. The molecule has 6 nitrogen and oxygen atoms in total. The third kappa shape index (κ3) is 6.06. The fraction of sp³-hybridized carbons (Fsp3) is 0.400. The van der Waals surface area contributed by atoms with E-state index in [2.05, 4.69) is 15.3 Å². The Morgan fingerprint density at radius 2 is 1.93 bits per heavy atom. The average molecular weight is 387 g/mol. The number of thioether (sulfide) groups is 1. The Morgan fingerprint density at radius 1 is 1.22 bits per heavy atom. The molecule has 144 valence electrons. The van der Waals surface area contributed by atoms with Crippen LogP contribution in [0.3, 0.4) is 0 Å². The second kappa shape index (κ2) is 9.50. The van der Waals surface area contributed by atoms with Crippen LogP contribution >= 0.6 is 11.8 Å². The standard InChI is InChI=1S/C20H26N4O2S/c1-6-16-9-7-8-10-17(16)23-18(25)12-24(5)20(26)14(3)27-19-11-13(2)21-15(4)22-19/h7-11,14H,6,12H2,1-5H3,(H,23,25). The van der Waals surface area contributed by atoms with Crippen LogP contribution < -0.4 is 5.32 Å². The van der Waals surface area contributed by atoms with Crippen molar-refractivity contribution in [1.82, 2.24) is 14.9 Å². The summed E-state index contributed by atoms with van der Waals surface area (Å²) >= 11 is 1.37. The number of para-hydroxylation sites is 1. The lowest BCUT2D eigenvalue weighted by Gasteiger charge is -2.21. The molecule has 1 aromatic heterocycles. The van der Waals surface area contributed by atoms with E-state index < -0.39 is 0 Å². The van der Waals surface area contributed by atoms with Gasteiger partial charge >= 0.3 is 0 Å². The lowest BCUT2D eigenvalue weighted by Crippen LogP contribution is -2.39. The minimum atomic E-state index is -0.348. The summed E-state index contributed by atoms with van der Waals surface area (Å²) in [5.74, 6) is 0.352. The lowest BCUT2D eigenvalue weighted by molar-refractivity contribution is -0.132. The highest BCUT2D eigenvalue weighted by atomic mass is 32.2. The first-order valence-corrected chi connectivity index (χ1v) is 9.79. The first kappa shape index (κ1) is 20.9. The fourth-order valence-electron chi connectivity index (χ4n) is 2.72. The van der Waals surface area contributed by atoms with Crippen LogP contribution in [-0.2, 0) is 16.0 Å². The molecule has 0 saturated heterocycles. The summed E-state index contributed by atoms with van der Waals surface area (Å²) in [6.07, 6.45) is 0.830. The number of likely N-dealkylation sites (N-methyl/N-ethyl adjacent to an activating group) is 1. The Labute approximate surface area is 164 Å². The number of carbonyl (C=O) groups excluding carboxylic acids is 2. The fourth-order valence-corrected chi connectivity index (χ4v) is 3.79. The maximum atomic E-state index is 12.6. The highest BCUT2D eigenvalue weighted by molar-refractivity contribution is 8.00. The third-order valence-corrected chi connectivity index (χ3v) is 5.02. The van der Waals surface area contributed by atoms with Crippen molar-refractivity contribution in [1.29, 1.82) is 0 Å². The van der Waals surface area contributed by atoms with Gasteiger partial charge in [-0.25, -0.2) is 9.97 Å². The van der Waals surface area contributed by atoms with Gasteiger partial charge in [-0.3, -0.25) is 9.59 Å². The zero-order chi connectivity index (χ0) is 20.0. The van der Waals surface area contributed by atoms with Gasteiger partial charge in [0.05, 0.1) is 11.8 Å². The highest BCUT2D eigenvalue weighted by Gasteiger charge is 2.21. The average Bonchev–Trinajstić information content (AvgIpc) is 2.60. The number of benzene rings is 1. The summed E-state index contributed by atoms with van der Waals surface area (Å²) in [5, 5.41) is 3.30. The molecule has 0 fully saturated rings. The molecule has 1 unspecified atom stereocenters. The van der Waals surface area contributed by atoms with E-state index in [1.165, 1.54) is 16.7 Å². The van der Waals surface area contributed by atoms with Crippen molar-refractivity contribution < 1.29 is 9.59 Å². The number of rotatable bonds is 7. The molecule has 0 radical (unpaired) electrons. The maximum absolute atomic E-state index is 12.6. The summed E-state index contributed by atoms with van der Waals surface area (Å²) in [6.45, 7) is 7.59. The molecule has 1 N–H and O–H groups in total. The van der Waals surface area contributed by atoms with Crippen LogP contribution in [0.15, 0.2) is 35.4 Å². The monoisotopic (exact) mass is 386 g/mol. The predicted octanol–water partition coefficient (Wildman–Crippen LogP) is 3.23. The molecule has 0 spiro atoms. The van der Waals surface area contributed by atoms with Gasteiger partial charge in [0, 0.05) is 18.4 Å². The minimum absolute atomic E-state index is 0.00358. The van der Waals surface area contributed by atoms with Crippen molar-refractivity contribution in [3.05, 3.63) is 47.4 Å². The SMILES string of the molecule is CCc1ccccc1NC(=O)CN(C)C(=O)C(C)Sc1cc(C)nc(C)n1. The number of nitrogens with one attached hydrogen (secondary N) is 1. The van der Waals surface area contributed by atoms with Gasteiger partial charge in [0.2, 0.25) is 11.8 Å². The topological polar surface area (TPSA) is 75.2 Å². The zero-order valence-electron chi connectivity index (χ0n) is 16.4. The molecule has 0 saturated carbocycles. The van der Waals surface area contributed by atoms with Crippen molar-refractivity contribution in [2.45, 2.75) is 44.4 Å². The van der Waals surface area contributed by atoms with E-state index in [1.807, 2.05) is 58.0 Å². The number of aryl methyl sites for hydroxylation is 3. The molecule has 1 heterocycles. The molecular weight excluding hydrogens is 360 g/mol. The van der Waals surface area contributed by atoms with Gasteiger partial charge in [0.1, 0.15) is 10.9 Å². The van der Waals surface area contributed by atoms with Crippen LogP contribution in [0.1, 0.15) is 30.9 Å². The maximum Gasteiger partial charge on any atom is 0.243 e. The summed E-state index contributed by atoms with van der Waals surface area (Å²) < 4.78 is 0. The van der Waals surface area contributed by atoms with Gasteiger partial charge in [-0.2, -0.15) is 0 Å². The predicted molar refractivity (Wildman–Crippen MR) is 109 cm³/mol. The van der Waals surface area contributed by atoms with Crippen molar-refractivity contribution in [2.24, 2.45) is 0 Å². The van der Waals surface area contributed by atoms with Crippen LogP contribution in [0.25, 0.3) is 0 Å². The Balaban J connectivity index is 1.94. The van der Waals surface area contributed by atoms with E-state index in [4.69, 9.17) is 0 Å². The van der Waals surface area contributed by atoms with Gasteiger partial charge in [-0.05, 0) is 44.9 Å². The number of amides is 2. The van der Waals surface area contributed by atoms with E-state index in [0.29, 0.717) is 5.82 Å². The van der Waals surface area contributed by atoms with E-state index in [9.17, 15) is 9.59 Å². The quantitative estimate of drug-likeness (QED) is 0.584. The third-order valence-electron chi connectivity index (χ3n) is 4.02. The number of hydrogen-bond acceptors (Lipinski definition) is 5. The van der Waals surface area contributed by atoms with E-state index in [0.717, 1.165) is 28.4 Å². The minimum Gasteiger partial charge on any atom is -0.335 e. The van der Waals surface area contributed by atoms with Gasteiger partial charge < -0.3 is 10.2 Å². The van der Waals surface area contributed by atoms with Crippen LogP contribution in [0.5, 0.6) is 0 Å². The van der Waals surface area contributed by atoms with E-state index in [1.54, 1.807) is 7.05 Å². The molecule has 2 amide bonds. The van der Waals surface area contributed by atoms with Crippen LogP contribution in [0.4, 0.5) is 5.69 Å². The highest BCUT2D eigenvalue weighted by Crippen LogP contribution is 2.23. The van der Waals surface area contributed by atoms with Gasteiger partial charge in [0.15, 0.2) is 0 Å². The molecule has 7 heteroatoms. The van der Waals surface area contributed by atoms with E-state index in [-0.39, 0.29) is 23.6 Å². The number of nitrogens with zero attached hydrogens (tertiary/aromatic N) is 3. The molecule has 2 rings (SSSR count). The molecule has 0 aliphatic rings. The van der Waals surface area contributed by atoms with Crippen molar-refractivity contribution in [3.8, 4) is 0 Å². The molecule has 1 atom stereocenters. The first-order chi connectivity index (χ1) is 12.8. The molecule has 0 aliphatic heterocycles.